The summed E-state index contributed by atoms with van der Waals surface area (Å²) in [4.78, 5) is 22.1. The number of nitrogens with two attached hydrogens (primary N) is 4. The van der Waals surface area contributed by atoms with Crippen LogP contribution in [0.5, 0.6) is 0 Å². The smallest absolute Gasteiger partial charge is 0.333 e. The lowest BCUT2D eigenvalue weighted by molar-refractivity contribution is 0.252. The third-order valence-corrected chi connectivity index (χ3v) is 2.53. The summed E-state index contributed by atoms with van der Waals surface area (Å²) >= 11 is 0. The van der Waals surface area contributed by atoms with E-state index in [9.17, 15) is 14.7 Å². The molecule has 0 atom stereocenters. The molecule has 0 heterocycles. The molecule has 0 fully saturated rings. The SMILES string of the molecule is Cc1cc(N(N)C(N)=O)cc(CO)c1N(N)C(N)=O. The van der Waals surface area contributed by atoms with Crippen molar-refractivity contribution in [2.24, 2.45) is 23.2 Å². The van der Waals surface area contributed by atoms with Gasteiger partial charge in [0.15, 0.2) is 0 Å². The molecule has 0 saturated carbocycles. The Morgan fingerprint density at radius 1 is 1.16 bits per heavy atom. The van der Waals surface area contributed by atoms with Gasteiger partial charge in [-0.2, -0.15) is 0 Å². The number of hydrogen-bond acceptors (Lipinski definition) is 5. The van der Waals surface area contributed by atoms with E-state index in [0.717, 1.165) is 0 Å². The van der Waals surface area contributed by atoms with Gasteiger partial charge in [0.25, 0.3) is 0 Å². The van der Waals surface area contributed by atoms with Crippen LogP contribution in [0.3, 0.4) is 0 Å². The van der Waals surface area contributed by atoms with Crippen molar-refractivity contribution in [2.75, 3.05) is 10.0 Å². The van der Waals surface area contributed by atoms with Gasteiger partial charge in [0.1, 0.15) is 0 Å². The number of hydrogen-bond donors (Lipinski definition) is 5. The molecule has 0 saturated heterocycles. The van der Waals surface area contributed by atoms with Gasteiger partial charge in [-0.3, -0.25) is 0 Å². The second-order valence-electron chi connectivity index (χ2n) is 3.84. The lowest BCUT2D eigenvalue weighted by Gasteiger charge is -2.22. The molecule has 0 radical (unpaired) electrons. The number of carbonyl (C=O) groups is 2. The van der Waals surface area contributed by atoms with E-state index < -0.39 is 18.7 Å². The third-order valence-electron chi connectivity index (χ3n) is 2.53. The fraction of sp³-hybridized carbons (Fsp3) is 0.200. The molecule has 1 rings (SSSR count). The van der Waals surface area contributed by atoms with E-state index in [2.05, 4.69) is 0 Å². The molecule has 19 heavy (non-hydrogen) atoms. The molecule has 1 aromatic rings. The second kappa shape index (κ2) is 5.52. The quantitative estimate of drug-likeness (QED) is 0.269. The minimum Gasteiger partial charge on any atom is -0.392 e. The number of anilines is 2. The van der Waals surface area contributed by atoms with Crippen LogP contribution in [-0.4, -0.2) is 17.2 Å². The summed E-state index contributed by atoms with van der Waals surface area (Å²) in [6, 6.07) is 1.12. The van der Waals surface area contributed by atoms with Crippen LogP contribution in [-0.2, 0) is 6.61 Å². The minimum absolute atomic E-state index is 0.247. The molecule has 0 bridgehead atoms. The first-order chi connectivity index (χ1) is 8.79. The number of benzene rings is 1. The van der Waals surface area contributed by atoms with Crippen molar-refractivity contribution in [3.8, 4) is 0 Å². The van der Waals surface area contributed by atoms with Gasteiger partial charge in [0, 0.05) is 5.56 Å². The van der Waals surface area contributed by atoms with Crippen LogP contribution < -0.4 is 33.2 Å². The standard InChI is InChI=1S/C10H16N6O3/c1-5-2-7(15(13)9(11)18)3-6(4-17)8(5)16(14)10(12)19/h2-3,17H,4,13-14H2,1H3,(H2,11,18)(H2,12,19). The van der Waals surface area contributed by atoms with Crippen LogP contribution in [0.15, 0.2) is 12.1 Å². The predicted octanol–water partition coefficient (Wildman–Crippen LogP) is -0.995. The molecule has 0 aromatic heterocycles. The molecule has 0 spiro atoms. The van der Waals surface area contributed by atoms with Crippen molar-refractivity contribution in [3.63, 3.8) is 0 Å². The lowest BCUT2D eigenvalue weighted by atomic mass is 10.1. The van der Waals surface area contributed by atoms with E-state index >= 15 is 0 Å². The maximum Gasteiger partial charge on any atom is 0.333 e. The summed E-state index contributed by atoms with van der Waals surface area (Å²) in [5.74, 6) is 11.0. The number of nitrogens with zero attached hydrogens (tertiary/aromatic N) is 2. The maximum absolute atomic E-state index is 11.1. The largest absolute Gasteiger partial charge is 0.392 e. The maximum atomic E-state index is 11.1. The number of carbonyl (C=O) groups excluding carboxylic acids is 2. The molecule has 104 valence electrons. The number of aliphatic hydroxyl groups excluding tert-OH is 1. The Bertz CT molecular complexity index is 518. The Balaban J connectivity index is 3.37. The van der Waals surface area contributed by atoms with Gasteiger partial charge in [0.05, 0.1) is 18.0 Å². The van der Waals surface area contributed by atoms with E-state index in [-0.39, 0.29) is 16.9 Å². The summed E-state index contributed by atoms with van der Waals surface area (Å²) in [5, 5.41) is 10.7. The highest BCUT2D eigenvalue weighted by Crippen LogP contribution is 2.28. The molecule has 0 aliphatic carbocycles. The van der Waals surface area contributed by atoms with Crippen molar-refractivity contribution in [3.05, 3.63) is 23.3 Å². The normalized spacial score (nSPS) is 10.1. The molecule has 0 aliphatic heterocycles. The van der Waals surface area contributed by atoms with Crippen molar-refractivity contribution in [1.82, 2.24) is 0 Å². The topological polar surface area (TPSA) is 165 Å². The van der Waals surface area contributed by atoms with Crippen molar-refractivity contribution < 1.29 is 14.7 Å². The second-order valence-corrected chi connectivity index (χ2v) is 3.84. The van der Waals surface area contributed by atoms with Gasteiger partial charge < -0.3 is 16.6 Å². The van der Waals surface area contributed by atoms with Gasteiger partial charge in [-0.25, -0.2) is 31.3 Å². The van der Waals surface area contributed by atoms with E-state index in [0.29, 0.717) is 15.6 Å². The molecule has 1 aromatic carbocycles. The van der Waals surface area contributed by atoms with Gasteiger partial charge >= 0.3 is 12.1 Å². The zero-order valence-electron chi connectivity index (χ0n) is 10.3. The fourth-order valence-electron chi connectivity index (χ4n) is 1.67. The molecular formula is C10H16N6O3. The highest BCUT2D eigenvalue weighted by Gasteiger charge is 2.18. The minimum atomic E-state index is -0.884. The van der Waals surface area contributed by atoms with Crippen LogP contribution >= 0.6 is 0 Å². The molecule has 0 aliphatic rings. The number of aliphatic hydroxyl groups is 1. The zero-order valence-corrected chi connectivity index (χ0v) is 10.3. The first-order valence-electron chi connectivity index (χ1n) is 5.22. The molecule has 0 unspecified atom stereocenters. The summed E-state index contributed by atoms with van der Waals surface area (Å²) < 4.78 is 0. The lowest BCUT2D eigenvalue weighted by Crippen LogP contribution is -2.43. The third kappa shape index (κ3) is 2.91. The van der Waals surface area contributed by atoms with Gasteiger partial charge in [0.2, 0.25) is 0 Å². The zero-order chi connectivity index (χ0) is 14.7. The molecule has 9 N–H and O–H groups in total. The first kappa shape index (κ1) is 14.7. The van der Waals surface area contributed by atoms with Crippen LogP contribution in [0.2, 0.25) is 0 Å². The van der Waals surface area contributed by atoms with Crippen molar-refractivity contribution >= 4 is 23.4 Å². The Morgan fingerprint density at radius 2 is 1.68 bits per heavy atom. The van der Waals surface area contributed by atoms with Gasteiger partial charge in [-0.1, -0.05) is 0 Å². The molecule has 9 nitrogen and oxygen atoms in total. The highest BCUT2D eigenvalue weighted by molar-refractivity contribution is 5.93. The van der Waals surface area contributed by atoms with Gasteiger partial charge in [-0.15, -0.1) is 0 Å². The van der Waals surface area contributed by atoms with E-state index in [1.54, 1.807) is 6.92 Å². The summed E-state index contributed by atoms with van der Waals surface area (Å²) in [7, 11) is 0. The highest BCUT2D eigenvalue weighted by atomic mass is 16.3. The number of aryl methyl sites for hydroxylation is 1. The monoisotopic (exact) mass is 268 g/mol. The summed E-state index contributed by atoms with van der Waals surface area (Å²) in [5.41, 5.74) is 11.4. The first-order valence-corrected chi connectivity index (χ1v) is 5.22. The molecule has 9 heteroatoms. The van der Waals surface area contributed by atoms with Crippen LogP contribution in [0.25, 0.3) is 0 Å². The van der Waals surface area contributed by atoms with Crippen LogP contribution in [0.1, 0.15) is 11.1 Å². The number of hydrazine groups is 2. The van der Waals surface area contributed by atoms with Crippen molar-refractivity contribution in [2.45, 2.75) is 13.5 Å². The van der Waals surface area contributed by atoms with Crippen molar-refractivity contribution in [1.29, 1.82) is 0 Å². The van der Waals surface area contributed by atoms with E-state index in [4.69, 9.17) is 23.2 Å². The summed E-state index contributed by atoms with van der Waals surface area (Å²) in [6.45, 7) is 1.20. The van der Waals surface area contributed by atoms with Crippen LogP contribution in [0, 0.1) is 6.92 Å². The molecular weight excluding hydrogens is 252 g/mol. The van der Waals surface area contributed by atoms with Crippen LogP contribution in [0.4, 0.5) is 21.0 Å². The summed E-state index contributed by atoms with van der Waals surface area (Å²) in [6.07, 6.45) is 0. The number of urea groups is 2. The number of primary amides is 2. The van der Waals surface area contributed by atoms with Gasteiger partial charge in [-0.05, 0) is 24.6 Å². The predicted molar refractivity (Wildman–Crippen MR) is 69.6 cm³/mol. The Morgan fingerprint density at radius 3 is 2.11 bits per heavy atom. The number of amides is 4. The fourth-order valence-corrected chi connectivity index (χ4v) is 1.67. The number of rotatable bonds is 3. The Hall–Kier alpha value is -2.36. The Kier molecular flexibility index (Phi) is 4.27. The Labute approximate surface area is 109 Å². The van der Waals surface area contributed by atoms with E-state index in [1.807, 2.05) is 0 Å². The molecule has 4 amide bonds. The average molecular weight is 268 g/mol. The van der Waals surface area contributed by atoms with E-state index in [1.165, 1.54) is 12.1 Å². The average Bonchev–Trinajstić information content (AvgIpc) is 2.35.